The summed E-state index contributed by atoms with van der Waals surface area (Å²) in [5.41, 5.74) is 1.64. The molecule has 0 unspecified atom stereocenters. The summed E-state index contributed by atoms with van der Waals surface area (Å²) in [7, 11) is 0. The first-order chi connectivity index (χ1) is 10.5. The van der Waals surface area contributed by atoms with Gasteiger partial charge in [-0.05, 0) is 29.7 Å². The molecule has 0 spiro atoms. The lowest BCUT2D eigenvalue weighted by Gasteiger charge is -2.08. The van der Waals surface area contributed by atoms with E-state index in [1.165, 1.54) is 6.07 Å². The van der Waals surface area contributed by atoms with E-state index in [1.54, 1.807) is 6.07 Å². The van der Waals surface area contributed by atoms with Crippen molar-refractivity contribution < 1.29 is 20.1 Å². The number of aromatic carboxylic acids is 1. The van der Waals surface area contributed by atoms with Crippen molar-refractivity contribution in [2.45, 2.75) is 6.42 Å². The molecule has 0 saturated carbocycles. The Morgan fingerprint density at radius 2 is 1.68 bits per heavy atom. The molecule has 0 radical (unpaired) electrons. The van der Waals surface area contributed by atoms with E-state index in [0.29, 0.717) is 11.8 Å². The minimum atomic E-state index is -1.26. The van der Waals surface area contributed by atoms with Crippen molar-refractivity contribution >= 4 is 16.9 Å². The molecular formula is C17H13NO4. The Hall–Kier alpha value is -3.08. The molecule has 0 saturated heterocycles. The second-order valence-corrected chi connectivity index (χ2v) is 5.01. The van der Waals surface area contributed by atoms with Crippen molar-refractivity contribution in [1.82, 2.24) is 4.98 Å². The van der Waals surface area contributed by atoms with Gasteiger partial charge in [-0.25, -0.2) is 9.78 Å². The lowest BCUT2D eigenvalue weighted by atomic mass is 10.0. The molecule has 1 aromatic heterocycles. The molecule has 0 bridgehead atoms. The summed E-state index contributed by atoms with van der Waals surface area (Å²) in [4.78, 5) is 14.8. The number of phenols is 1. The predicted octanol–water partition coefficient (Wildman–Crippen LogP) is 2.94. The molecule has 0 aliphatic rings. The molecule has 110 valence electrons. The summed E-state index contributed by atoms with van der Waals surface area (Å²) in [5, 5.41) is 29.4. The van der Waals surface area contributed by atoms with E-state index in [1.807, 2.05) is 30.3 Å². The lowest BCUT2D eigenvalue weighted by molar-refractivity contribution is 0.0690. The molecule has 22 heavy (non-hydrogen) atoms. The molecule has 3 aromatic rings. The number of pyridine rings is 1. The Bertz CT molecular complexity index is 859. The van der Waals surface area contributed by atoms with Crippen LogP contribution in [0.2, 0.25) is 0 Å². The van der Waals surface area contributed by atoms with Crippen LogP contribution in [0, 0.1) is 0 Å². The van der Waals surface area contributed by atoms with Crippen LogP contribution in [-0.2, 0) is 6.42 Å². The summed E-state index contributed by atoms with van der Waals surface area (Å²) in [5.74, 6) is -1.63. The summed E-state index contributed by atoms with van der Waals surface area (Å²) >= 11 is 0. The largest absolute Gasteiger partial charge is 0.507 e. The molecule has 5 nitrogen and oxygen atoms in total. The number of carboxylic acids is 1. The van der Waals surface area contributed by atoms with Gasteiger partial charge in [0, 0.05) is 11.5 Å². The second kappa shape index (κ2) is 5.37. The van der Waals surface area contributed by atoms with Gasteiger partial charge in [-0.3, -0.25) is 0 Å². The lowest BCUT2D eigenvalue weighted by Crippen LogP contribution is -2.00. The van der Waals surface area contributed by atoms with Crippen LogP contribution in [0.25, 0.3) is 10.9 Å². The van der Waals surface area contributed by atoms with Crippen LogP contribution >= 0.6 is 0 Å². The third-order valence-electron chi connectivity index (χ3n) is 3.40. The SMILES string of the molecule is O=C(O)c1cc(O)c2cc(Cc3ccccc3)cc(O)c2n1. The number of aromatic nitrogens is 1. The Morgan fingerprint density at radius 1 is 0.955 bits per heavy atom. The maximum atomic E-state index is 11.0. The van der Waals surface area contributed by atoms with Crippen LogP contribution in [0.4, 0.5) is 0 Å². The molecule has 2 aromatic carbocycles. The number of aromatic hydroxyl groups is 2. The molecular weight excluding hydrogens is 282 g/mol. The number of carboxylic acid groups (broad SMARTS) is 1. The van der Waals surface area contributed by atoms with Crippen LogP contribution in [0.15, 0.2) is 48.5 Å². The van der Waals surface area contributed by atoms with E-state index in [2.05, 4.69) is 4.98 Å². The quantitative estimate of drug-likeness (QED) is 0.691. The minimum Gasteiger partial charge on any atom is -0.507 e. The topological polar surface area (TPSA) is 90.7 Å². The number of fused-ring (bicyclic) bond motifs is 1. The zero-order chi connectivity index (χ0) is 15.7. The van der Waals surface area contributed by atoms with Gasteiger partial charge in [0.25, 0.3) is 0 Å². The molecule has 0 fully saturated rings. The third-order valence-corrected chi connectivity index (χ3v) is 3.40. The number of rotatable bonds is 3. The highest BCUT2D eigenvalue weighted by Crippen LogP contribution is 2.32. The first kappa shape index (κ1) is 13.9. The number of phenolic OH excluding ortho intramolecular Hbond substituents is 1. The highest BCUT2D eigenvalue weighted by Gasteiger charge is 2.14. The smallest absolute Gasteiger partial charge is 0.354 e. The maximum Gasteiger partial charge on any atom is 0.354 e. The molecule has 3 N–H and O–H groups in total. The van der Waals surface area contributed by atoms with Crippen molar-refractivity contribution in [1.29, 1.82) is 0 Å². The average Bonchev–Trinajstić information content (AvgIpc) is 2.49. The Labute approximate surface area is 126 Å². The summed E-state index contributed by atoms with van der Waals surface area (Å²) in [6.07, 6.45) is 0.588. The standard InChI is InChI=1S/C17H13NO4/c19-14-9-13(17(21)22)18-16-12(14)7-11(8-15(16)20)6-10-4-2-1-3-5-10/h1-5,7-9,20H,6H2,(H,18,19)(H,21,22). The number of benzene rings is 2. The van der Waals surface area contributed by atoms with E-state index in [0.717, 1.165) is 17.2 Å². The molecule has 0 atom stereocenters. The fourth-order valence-electron chi connectivity index (χ4n) is 2.39. The maximum absolute atomic E-state index is 11.0. The van der Waals surface area contributed by atoms with Gasteiger partial charge in [-0.1, -0.05) is 30.3 Å². The normalized spacial score (nSPS) is 10.7. The molecule has 0 aliphatic carbocycles. The molecule has 0 amide bonds. The van der Waals surface area contributed by atoms with Crippen molar-refractivity contribution in [2.24, 2.45) is 0 Å². The summed E-state index contributed by atoms with van der Waals surface area (Å²) in [6.45, 7) is 0. The Morgan fingerprint density at radius 3 is 2.36 bits per heavy atom. The average molecular weight is 295 g/mol. The van der Waals surface area contributed by atoms with E-state index >= 15 is 0 Å². The van der Waals surface area contributed by atoms with E-state index in [4.69, 9.17) is 5.11 Å². The fraction of sp³-hybridized carbons (Fsp3) is 0.0588. The van der Waals surface area contributed by atoms with Crippen molar-refractivity contribution in [3.63, 3.8) is 0 Å². The van der Waals surface area contributed by atoms with Gasteiger partial charge in [0.15, 0.2) is 5.69 Å². The first-order valence-corrected chi connectivity index (χ1v) is 6.67. The number of hydrogen-bond donors (Lipinski definition) is 3. The van der Waals surface area contributed by atoms with E-state index < -0.39 is 5.97 Å². The van der Waals surface area contributed by atoms with Crippen molar-refractivity contribution in [3.05, 3.63) is 65.4 Å². The van der Waals surface area contributed by atoms with Crippen LogP contribution in [-0.4, -0.2) is 26.3 Å². The second-order valence-electron chi connectivity index (χ2n) is 5.01. The fourth-order valence-corrected chi connectivity index (χ4v) is 2.39. The molecule has 5 heteroatoms. The first-order valence-electron chi connectivity index (χ1n) is 6.67. The molecule has 0 aliphatic heterocycles. The van der Waals surface area contributed by atoms with Gasteiger partial charge in [0.1, 0.15) is 17.0 Å². The van der Waals surface area contributed by atoms with Gasteiger partial charge < -0.3 is 15.3 Å². The van der Waals surface area contributed by atoms with E-state index in [-0.39, 0.29) is 22.7 Å². The number of carbonyl (C=O) groups is 1. The van der Waals surface area contributed by atoms with Gasteiger partial charge in [0.05, 0.1) is 0 Å². The van der Waals surface area contributed by atoms with Crippen molar-refractivity contribution in [2.75, 3.05) is 0 Å². The number of nitrogens with zero attached hydrogens (tertiary/aromatic N) is 1. The minimum absolute atomic E-state index is 0.0780. The Balaban J connectivity index is 2.10. The zero-order valence-corrected chi connectivity index (χ0v) is 11.5. The van der Waals surface area contributed by atoms with Gasteiger partial charge >= 0.3 is 5.97 Å². The Kier molecular flexibility index (Phi) is 3.39. The van der Waals surface area contributed by atoms with Crippen LogP contribution in [0.3, 0.4) is 0 Å². The highest BCUT2D eigenvalue weighted by atomic mass is 16.4. The van der Waals surface area contributed by atoms with Crippen LogP contribution in [0.1, 0.15) is 21.6 Å². The molecule has 3 rings (SSSR count). The number of hydrogen-bond acceptors (Lipinski definition) is 4. The summed E-state index contributed by atoms with van der Waals surface area (Å²) in [6, 6.07) is 14.0. The van der Waals surface area contributed by atoms with Gasteiger partial charge in [-0.15, -0.1) is 0 Å². The van der Waals surface area contributed by atoms with Gasteiger partial charge in [-0.2, -0.15) is 0 Å². The summed E-state index contributed by atoms with van der Waals surface area (Å²) < 4.78 is 0. The molecule has 1 heterocycles. The zero-order valence-electron chi connectivity index (χ0n) is 11.5. The monoisotopic (exact) mass is 295 g/mol. The highest BCUT2D eigenvalue weighted by molar-refractivity contribution is 5.95. The van der Waals surface area contributed by atoms with Crippen molar-refractivity contribution in [3.8, 4) is 11.5 Å². The van der Waals surface area contributed by atoms with Crippen LogP contribution in [0.5, 0.6) is 11.5 Å². The van der Waals surface area contributed by atoms with Crippen LogP contribution < -0.4 is 0 Å². The predicted molar refractivity (Wildman–Crippen MR) is 81.3 cm³/mol. The van der Waals surface area contributed by atoms with E-state index in [9.17, 15) is 15.0 Å². The third kappa shape index (κ3) is 2.56. The van der Waals surface area contributed by atoms with Gasteiger partial charge in [0.2, 0.25) is 0 Å².